The average Bonchev–Trinajstić information content (AvgIpc) is 3.57. The predicted octanol–water partition coefficient (Wildman–Crippen LogP) is 1.43. The molecule has 1 amide bonds. The van der Waals surface area contributed by atoms with Crippen LogP contribution in [0.5, 0.6) is 5.75 Å². The lowest BCUT2D eigenvalue weighted by Gasteiger charge is -2.62. The van der Waals surface area contributed by atoms with Crippen molar-refractivity contribution in [1.82, 2.24) is 44.9 Å². The van der Waals surface area contributed by atoms with Gasteiger partial charge in [-0.3, -0.25) is 14.2 Å². The van der Waals surface area contributed by atoms with Crippen molar-refractivity contribution in [2.45, 2.75) is 24.8 Å². The Morgan fingerprint density at radius 1 is 1.25 bits per heavy atom. The number of H-pyrrole nitrogens is 1. The third kappa shape index (κ3) is 2.77. The van der Waals surface area contributed by atoms with Gasteiger partial charge < -0.3 is 19.5 Å². The number of aromatic amines is 1. The number of carbonyl (C=O) groups excluding carboxylic acids is 1. The molecule has 2 bridgehead atoms. The molecule has 180 valence electrons. The number of aromatic hydroxyl groups is 1. The topological polar surface area (TPSA) is 183 Å². The second-order valence-corrected chi connectivity index (χ2v) is 9.28. The SMILES string of the molecule is Cn1c(-c2nc3ccc(-c4nn[nH]n4)cc3n2C23CC(C2)C3)nc(C(=O)Nc2cnoc2)c(O)c1=O. The van der Waals surface area contributed by atoms with Crippen molar-refractivity contribution >= 4 is 22.6 Å². The maximum Gasteiger partial charge on any atom is 0.296 e. The number of nitrogens with zero attached hydrogens (tertiary/aromatic N) is 8. The second-order valence-electron chi connectivity index (χ2n) is 9.28. The minimum atomic E-state index is -0.776. The highest BCUT2D eigenvalue weighted by atomic mass is 16.5. The lowest BCUT2D eigenvalue weighted by molar-refractivity contribution is -0.0847. The van der Waals surface area contributed by atoms with Crippen LogP contribution in [0.4, 0.5) is 5.69 Å². The Morgan fingerprint density at radius 3 is 2.75 bits per heavy atom. The van der Waals surface area contributed by atoms with Crippen molar-refractivity contribution in [1.29, 1.82) is 0 Å². The number of hydrogen-bond donors (Lipinski definition) is 3. The van der Waals surface area contributed by atoms with E-state index in [0.717, 1.165) is 30.3 Å². The van der Waals surface area contributed by atoms with Gasteiger partial charge in [-0.2, -0.15) is 5.21 Å². The Labute approximate surface area is 201 Å². The second kappa shape index (κ2) is 7.07. The Bertz CT molecular complexity index is 1700. The monoisotopic (exact) mass is 486 g/mol. The summed E-state index contributed by atoms with van der Waals surface area (Å²) in [4.78, 5) is 35.1. The molecule has 1 aromatic carbocycles. The smallest absolute Gasteiger partial charge is 0.296 e. The normalized spacial score (nSPS) is 20.2. The van der Waals surface area contributed by atoms with E-state index in [1.165, 1.54) is 24.1 Å². The average molecular weight is 486 g/mol. The van der Waals surface area contributed by atoms with Crippen molar-refractivity contribution in [2.24, 2.45) is 13.0 Å². The zero-order valence-corrected chi connectivity index (χ0v) is 18.8. The minimum Gasteiger partial charge on any atom is -0.501 e. The van der Waals surface area contributed by atoms with Crippen LogP contribution in [0.1, 0.15) is 29.8 Å². The summed E-state index contributed by atoms with van der Waals surface area (Å²) >= 11 is 0. The molecule has 3 aliphatic carbocycles. The molecule has 5 aromatic rings. The molecule has 4 aromatic heterocycles. The van der Waals surface area contributed by atoms with Gasteiger partial charge in [0.25, 0.3) is 11.5 Å². The predicted molar refractivity (Wildman–Crippen MR) is 123 cm³/mol. The third-order valence-corrected chi connectivity index (χ3v) is 7.11. The molecule has 0 saturated heterocycles. The first-order valence-corrected chi connectivity index (χ1v) is 11.2. The van der Waals surface area contributed by atoms with Gasteiger partial charge >= 0.3 is 0 Å². The van der Waals surface area contributed by atoms with Gasteiger partial charge in [-0.15, -0.1) is 10.2 Å². The van der Waals surface area contributed by atoms with Gasteiger partial charge in [0, 0.05) is 18.2 Å². The van der Waals surface area contributed by atoms with E-state index in [-0.39, 0.29) is 17.1 Å². The Morgan fingerprint density at radius 2 is 2.08 bits per heavy atom. The van der Waals surface area contributed by atoms with E-state index in [4.69, 9.17) is 9.51 Å². The van der Waals surface area contributed by atoms with E-state index in [1.807, 2.05) is 18.2 Å². The number of benzene rings is 1. The fraction of sp³-hybridized carbons (Fsp3) is 0.273. The first-order valence-electron chi connectivity index (χ1n) is 11.2. The molecule has 3 fully saturated rings. The molecule has 3 aliphatic rings. The number of amides is 1. The summed E-state index contributed by atoms with van der Waals surface area (Å²) in [6.45, 7) is 0. The molecule has 0 atom stereocenters. The van der Waals surface area contributed by atoms with Gasteiger partial charge in [0.05, 0.1) is 17.2 Å². The number of anilines is 1. The van der Waals surface area contributed by atoms with Crippen LogP contribution < -0.4 is 10.9 Å². The number of aromatic nitrogens is 9. The van der Waals surface area contributed by atoms with Crippen LogP contribution in [0.3, 0.4) is 0 Å². The summed E-state index contributed by atoms with van der Waals surface area (Å²) in [6, 6.07) is 5.64. The third-order valence-electron chi connectivity index (χ3n) is 7.11. The lowest BCUT2D eigenvalue weighted by Crippen LogP contribution is -2.59. The molecular weight excluding hydrogens is 468 g/mol. The zero-order valence-electron chi connectivity index (χ0n) is 18.8. The van der Waals surface area contributed by atoms with Crippen LogP contribution in [-0.2, 0) is 12.6 Å². The number of carbonyl (C=O) groups is 1. The van der Waals surface area contributed by atoms with Crippen LogP contribution in [0, 0.1) is 5.92 Å². The molecule has 36 heavy (non-hydrogen) atoms. The van der Waals surface area contributed by atoms with E-state index >= 15 is 0 Å². The van der Waals surface area contributed by atoms with Gasteiger partial charge in [-0.05, 0) is 48.6 Å². The fourth-order valence-electron chi connectivity index (χ4n) is 5.24. The molecule has 14 nitrogen and oxygen atoms in total. The van der Waals surface area contributed by atoms with Crippen LogP contribution in [0.2, 0.25) is 0 Å². The summed E-state index contributed by atoms with van der Waals surface area (Å²) in [5.41, 5.74) is 1.22. The van der Waals surface area contributed by atoms with Gasteiger partial charge in [-0.1, -0.05) is 5.16 Å². The molecule has 14 heteroatoms. The molecule has 4 heterocycles. The van der Waals surface area contributed by atoms with Crippen LogP contribution in [0.25, 0.3) is 34.1 Å². The van der Waals surface area contributed by atoms with Crippen LogP contribution in [-0.4, -0.2) is 55.9 Å². The van der Waals surface area contributed by atoms with Crippen molar-refractivity contribution in [3.8, 4) is 28.8 Å². The largest absolute Gasteiger partial charge is 0.501 e. The first kappa shape index (κ1) is 20.5. The quantitative estimate of drug-likeness (QED) is 0.328. The number of imidazole rings is 1. The van der Waals surface area contributed by atoms with E-state index in [2.05, 4.69) is 40.6 Å². The molecule has 8 rings (SSSR count). The van der Waals surface area contributed by atoms with E-state index in [9.17, 15) is 14.7 Å². The first-order chi connectivity index (χ1) is 17.4. The van der Waals surface area contributed by atoms with Gasteiger partial charge in [-0.25, -0.2) is 9.97 Å². The molecule has 0 aliphatic heterocycles. The fourth-order valence-corrected chi connectivity index (χ4v) is 5.24. The summed E-state index contributed by atoms with van der Waals surface area (Å²) in [5, 5.41) is 30.8. The van der Waals surface area contributed by atoms with Gasteiger partial charge in [0.2, 0.25) is 11.6 Å². The van der Waals surface area contributed by atoms with Crippen molar-refractivity contribution in [3.05, 3.63) is 46.7 Å². The molecule has 3 N–H and O–H groups in total. The van der Waals surface area contributed by atoms with E-state index < -0.39 is 22.9 Å². The summed E-state index contributed by atoms with van der Waals surface area (Å²) in [6.07, 6.45) is 5.49. The highest BCUT2D eigenvalue weighted by molar-refractivity contribution is 6.04. The van der Waals surface area contributed by atoms with Gasteiger partial charge in [0.15, 0.2) is 17.3 Å². The summed E-state index contributed by atoms with van der Waals surface area (Å²) in [5.74, 6) is 0.177. The number of tetrazole rings is 1. The van der Waals surface area contributed by atoms with Crippen molar-refractivity contribution < 1.29 is 14.4 Å². The number of rotatable bonds is 5. The van der Waals surface area contributed by atoms with E-state index in [0.29, 0.717) is 23.1 Å². The van der Waals surface area contributed by atoms with E-state index in [1.54, 1.807) is 0 Å². The maximum atomic E-state index is 13.0. The van der Waals surface area contributed by atoms with Gasteiger partial charge in [0.1, 0.15) is 12.0 Å². The minimum absolute atomic E-state index is 0.148. The zero-order chi connectivity index (χ0) is 24.6. The summed E-state index contributed by atoms with van der Waals surface area (Å²) < 4.78 is 8.03. The lowest BCUT2D eigenvalue weighted by atomic mass is 9.49. The number of nitrogens with one attached hydrogen (secondary N) is 2. The summed E-state index contributed by atoms with van der Waals surface area (Å²) in [7, 11) is 1.49. The Balaban J connectivity index is 1.43. The van der Waals surface area contributed by atoms with Crippen LogP contribution in [0.15, 0.2) is 40.0 Å². The Hall–Kier alpha value is -4.88. The maximum absolute atomic E-state index is 13.0. The van der Waals surface area contributed by atoms with Crippen molar-refractivity contribution in [3.63, 3.8) is 0 Å². The molecule has 0 radical (unpaired) electrons. The standard InChI is InChI=1S/C22H18N10O4/c1-31-18(26-15(16(33)21(31)35)20(34)24-12-8-23-36-9-12)19-25-13-3-2-11(17-27-29-30-28-17)4-14(13)32(19)22-5-10(6-22)7-22/h2-4,8-10,33H,5-7H2,1H3,(H,24,34)(H,27,28,29,30). The molecule has 3 saturated carbocycles. The van der Waals surface area contributed by atoms with Crippen LogP contribution >= 0.6 is 0 Å². The highest BCUT2D eigenvalue weighted by Gasteiger charge is 2.59. The molecule has 0 spiro atoms. The number of hydrogen-bond acceptors (Lipinski definition) is 10. The van der Waals surface area contributed by atoms with Crippen molar-refractivity contribution in [2.75, 3.05) is 5.32 Å². The number of fused-ring (bicyclic) bond motifs is 1. The molecule has 0 unspecified atom stereocenters. The Kier molecular flexibility index (Phi) is 4.02. The molecular formula is C22H18N10O4. The highest BCUT2D eigenvalue weighted by Crippen LogP contribution is 2.63.